The van der Waals surface area contributed by atoms with Crippen LogP contribution in [-0.4, -0.2) is 40.4 Å². The van der Waals surface area contributed by atoms with Gasteiger partial charge in [0.25, 0.3) is 0 Å². The van der Waals surface area contributed by atoms with Crippen molar-refractivity contribution in [1.82, 2.24) is 0 Å². The molecule has 0 aromatic heterocycles. The third-order valence-corrected chi connectivity index (χ3v) is 0.816. The van der Waals surface area contributed by atoms with Crippen LogP contribution >= 0.6 is 0 Å². The summed E-state index contributed by atoms with van der Waals surface area (Å²) < 4.78 is 63.5. The lowest BCUT2D eigenvalue weighted by molar-refractivity contribution is -0.193. The van der Waals surface area contributed by atoms with E-state index in [-0.39, 0.29) is 0 Å². The van der Waals surface area contributed by atoms with Crippen LogP contribution in [0.3, 0.4) is 0 Å². The number of hydrogen-bond donors (Lipinski definition) is 3. The van der Waals surface area contributed by atoms with Crippen LogP contribution < -0.4 is 5.73 Å². The number of halogens is 6. The molecule has 0 heterocycles. The molecule has 0 saturated carbocycles. The molecule has 20 heavy (non-hydrogen) atoms. The van der Waals surface area contributed by atoms with Crippen molar-refractivity contribution < 1.29 is 50.9 Å². The minimum Gasteiger partial charge on any atom is -0.475 e. The summed E-state index contributed by atoms with van der Waals surface area (Å²) in [5, 5.41) is 14.2. The van der Waals surface area contributed by atoms with E-state index in [2.05, 4.69) is 5.73 Å². The van der Waals surface area contributed by atoms with Crippen molar-refractivity contribution in [2.75, 3.05) is 0 Å². The van der Waals surface area contributed by atoms with Gasteiger partial charge in [-0.2, -0.15) is 26.3 Å². The third kappa shape index (κ3) is 21.1. The molecule has 0 aliphatic carbocycles. The van der Waals surface area contributed by atoms with Crippen molar-refractivity contribution in [2.24, 2.45) is 5.73 Å². The molecule has 1 amide bonds. The first kappa shape index (κ1) is 22.9. The maximum absolute atomic E-state index is 10.6. The normalized spacial score (nSPS) is 10.8. The van der Waals surface area contributed by atoms with Crippen LogP contribution in [0.25, 0.3) is 0 Å². The maximum atomic E-state index is 10.6. The van der Waals surface area contributed by atoms with E-state index in [1.165, 1.54) is 6.08 Å². The predicted molar refractivity (Wildman–Crippen MR) is 51.4 cm³/mol. The number of carboxylic acid groups (broad SMARTS) is 2. The van der Waals surface area contributed by atoms with E-state index in [0.29, 0.717) is 0 Å². The number of carboxylic acids is 2. The van der Waals surface area contributed by atoms with Gasteiger partial charge < -0.3 is 15.9 Å². The van der Waals surface area contributed by atoms with Gasteiger partial charge in [-0.3, -0.25) is 4.79 Å². The fourth-order valence-corrected chi connectivity index (χ4v) is 0.164. The second-order valence-corrected chi connectivity index (χ2v) is 2.51. The average Bonchev–Trinajstić information content (AvgIpc) is 2.15. The topological polar surface area (TPSA) is 118 Å². The Kier molecular flexibility index (Phi) is 11.0. The average molecular weight is 313 g/mol. The summed E-state index contributed by atoms with van der Waals surface area (Å²) in [7, 11) is 0. The fraction of sp³-hybridized carbons (Fsp3) is 0.375. The molecule has 0 rings (SSSR count). The van der Waals surface area contributed by atoms with E-state index in [4.69, 9.17) is 19.8 Å². The lowest BCUT2D eigenvalue weighted by Gasteiger charge is -1.93. The fourth-order valence-electron chi connectivity index (χ4n) is 0.164. The highest BCUT2D eigenvalue weighted by Crippen LogP contribution is 2.13. The van der Waals surface area contributed by atoms with Gasteiger partial charge in [0.15, 0.2) is 0 Å². The van der Waals surface area contributed by atoms with Crippen molar-refractivity contribution in [3.8, 4) is 0 Å². The summed E-state index contributed by atoms with van der Waals surface area (Å²) in [5.41, 5.74) is 4.68. The molecule has 0 aliphatic rings. The number of nitrogens with two attached hydrogens (primary N) is 1. The summed E-state index contributed by atoms with van der Waals surface area (Å²) >= 11 is 0. The Balaban J connectivity index is -0.000000218. The zero-order valence-corrected chi connectivity index (χ0v) is 9.62. The minimum absolute atomic E-state index is 0.391. The number of alkyl halides is 6. The summed E-state index contributed by atoms with van der Waals surface area (Å²) in [4.78, 5) is 27.5. The number of aliphatic carboxylic acids is 2. The van der Waals surface area contributed by atoms with Gasteiger partial charge in [0.05, 0.1) is 0 Å². The van der Waals surface area contributed by atoms with Crippen LogP contribution in [-0.2, 0) is 14.4 Å². The molecule has 0 radical (unpaired) electrons. The number of carbonyl (C=O) groups excluding carboxylic acids is 1. The molecule has 0 atom stereocenters. The smallest absolute Gasteiger partial charge is 0.475 e. The lowest BCUT2D eigenvalue weighted by atomic mass is 10.5. The number of allylic oxidation sites excluding steroid dienone is 1. The molecule has 118 valence electrons. The molecule has 0 bridgehead atoms. The van der Waals surface area contributed by atoms with E-state index in [1.54, 1.807) is 13.0 Å². The highest BCUT2D eigenvalue weighted by molar-refractivity contribution is 5.85. The molecule has 12 heteroatoms. The predicted octanol–water partition coefficient (Wildman–Crippen LogP) is 1.31. The maximum Gasteiger partial charge on any atom is 0.490 e. The number of carbonyl (C=O) groups is 3. The summed E-state index contributed by atoms with van der Waals surface area (Å²) in [6.45, 7) is 1.74. The number of rotatable bonds is 1. The van der Waals surface area contributed by atoms with Crippen molar-refractivity contribution in [3.05, 3.63) is 12.2 Å². The highest BCUT2D eigenvalue weighted by atomic mass is 19.4. The molecule has 4 N–H and O–H groups in total. The van der Waals surface area contributed by atoms with Crippen molar-refractivity contribution >= 4 is 17.8 Å². The van der Waals surface area contributed by atoms with Crippen LogP contribution in [0.5, 0.6) is 0 Å². The Bertz CT molecular complexity index is 335. The monoisotopic (exact) mass is 313 g/mol. The van der Waals surface area contributed by atoms with Gasteiger partial charge in [0, 0.05) is 0 Å². The molecular formula is C8H9F6NO5. The summed E-state index contributed by atoms with van der Waals surface area (Å²) in [6.07, 6.45) is -7.26. The Hall–Kier alpha value is -2.27. The van der Waals surface area contributed by atoms with Crippen molar-refractivity contribution in [3.63, 3.8) is 0 Å². The lowest BCUT2D eigenvalue weighted by Crippen LogP contribution is -2.21. The van der Waals surface area contributed by atoms with Crippen LogP contribution in [0, 0.1) is 0 Å². The Labute approximate surface area is 107 Å². The second-order valence-electron chi connectivity index (χ2n) is 2.51. The highest BCUT2D eigenvalue weighted by Gasteiger charge is 2.38. The van der Waals surface area contributed by atoms with Gasteiger partial charge >= 0.3 is 24.3 Å². The van der Waals surface area contributed by atoms with Crippen LogP contribution in [0.4, 0.5) is 26.3 Å². The number of hydrogen-bond acceptors (Lipinski definition) is 3. The van der Waals surface area contributed by atoms with Crippen LogP contribution in [0.1, 0.15) is 6.92 Å². The van der Waals surface area contributed by atoms with Gasteiger partial charge in [-0.15, -0.1) is 0 Å². The molecule has 0 aromatic rings. The third-order valence-electron chi connectivity index (χ3n) is 0.816. The molecule has 0 aromatic carbocycles. The van der Waals surface area contributed by atoms with E-state index in [0.717, 1.165) is 0 Å². The van der Waals surface area contributed by atoms with Crippen molar-refractivity contribution in [1.29, 1.82) is 0 Å². The molecule has 0 aliphatic heterocycles. The first-order valence-electron chi connectivity index (χ1n) is 4.18. The first-order chi connectivity index (χ1) is 8.66. The molecule has 0 spiro atoms. The van der Waals surface area contributed by atoms with Gasteiger partial charge in [-0.1, -0.05) is 6.08 Å². The molecule has 0 saturated heterocycles. The first-order valence-corrected chi connectivity index (χ1v) is 4.18. The number of amides is 1. The van der Waals surface area contributed by atoms with E-state index in [1.807, 2.05) is 0 Å². The number of primary amides is 1. The molecule has 0 fully saturated rings. The zero-order chi connectivity index (χ0) is 17.1. The van der Waals surface area contributed by atoms with Gasteiger partial charge in [-0.05, 0) is 13.0 Å². The zero-order valence-electron chi connectivity index (χ0n) is 9.62. The second kappa shape index (κ2) is 9.63. The van der Waals surface area contributed by atoms with Gasteiger partial charge in [0.2, 0.25) is 5.91 Å². The molecule has 0 unspecified atom stereocenters. The summed E-state index contributed by atoms with van der Waals surface area (Å²) in [5.74, 6) is -5.91. The Morgan fingerprint density at radius 2 is 1.10 bits per heavy atom. The van der Waals surface area contributed by atoms with Gasteiger partial charge in [0.1, 0.15) is 0 Å². The SMILES string of the molecule is CC=CC(N)=O.O=C(O)C(F)(F)F.O=C(O)C(F)(F)F. The Morgan fingerprint density at radius 1 is 0.900 bits per heavy atom. The van der Waals surface area contributed by atoms with E-state index < -0.39 is 30.2 Å². The largest absolute Gasteiger partial charge is 0.490 e. The molecular weight excluding hydrogens is 304 g/mol. The Morgan fingerprint density at radius 3 is 1.10 bits per heavy atom. The van der Waals surface area contributed by atoms with Crippen LogP contribution in [0.15, 0.2) is 12.2 Å². The quantitative estimate of drug-likeness (QED) is 0.498. The van der Waals surface area contributed by atoms with Crippen LogP contribution in [0.2, 0.25) is 0 Å². The summed E-state index contributed by atoms with van der Waals surface area (Å²) in [6, 6.07) is 0. The van der Waals surface area contributed by atoms with Crippen molar-refractivity contribution in [2.45, 2.75) is 19.3 Å². The minimum atomic E-state index is -5.08. The molecule has 6 nitrogen and oxygen atoms in total. The van der Waals surface area contributed by atoms with Gasteiger partial charge in [-0.25, -0.2) is 9.59 Å². The standard InChI is InChI=1S/C4H7NO.2C2HF3O2/c1-2-3-4(5)6;2*3-2(4,5)1(6)7/h2-3H,1H3,(H2,5,6);2*(H,6,7). The van der Waals surface area contributed by atoms with E-state index >= 15 is 0 Å². The van der Waals surface area contributed by atoms with E-state index in [9.17, 15) is 31.1 Å².